The summed E-state index contributed by atoms with van der Waals surface area (Å²) >= 11 is -1.44. The molecule has 0 N–H and O–H groups in total. The Bertz CT molecular complexity index is 328. The summed E-state index contributed by atoms with van der Waals surface area (Å²) in [6.07, 6.45) is 16.1. The zero-order valence-corrected chi connectivity index (χ0v) is 12.7. The van der Waals surface area contributed by atoms with Crippen LogP contribution in [-0.2, 0) is 21.3 Å². The molecule has 0 spiro atoms. The molecule has 0 aromatic rings. The second-order valence-electron chi connectivity index (χ2n) is 3.35. The average Bonchev–Trinajstić information content (AvgIpc) is 2.76. The molecular weight excluding hydrogens is 306 g/mol. The van der Waals surface area contributed by atoms with Crippen LogP contribution < -0.4 is 24.8 Å². The molecule has 2 aliphatic carbocycles. The van der Waals surface area contributed by atoms with Crippen LogP contribution in [0.15, 0.2) is 43.0 Å². The van der Waals surface area contributed by atoms with E-state index in [2.05, 4.69) is 47.1 Å². The van der Waals surface area contributed by atoms with E-state index in [0.29, 0.717) is 0 Å². The summed E-state index contributed by atoms with van der Waals surface area (Å²) in [5, 5.41) is 0. The molecule has 0 radical (unpaired) electrons. The molecule has 0 heterocycles. The number of rotatable bonds is 2. The third kappa shape index (κ3) is 3.66. The smallest absolute Gasteiger partial charge is 1.00 e. The number of halogens is 2. The molecule has 80 valence electrons. The van der Waals surface area contributed by atoms with Crippen molar-refractivity contribution in [3.8, 4) is 0 Å². The van der Waals surface area contributed by atoms with Crippen molar-refractivity contribution in [2.45, 2.75) is 19.8 Å². The molecule has 0 aliphatic heterocycles. The molecule has 3 heteroatoms. The van der Waals surface area contributed by atoms with Crippen LogP contribution in [0, 0.1) is 0 Å². The van der Waals surface area contributed by atoms with Crippen LogP contribution >= 0.6 is 0 Å². The van der Waals surface area contributed by atoms with Crippen LogP contribution in [0.3, 0.4) is 0 Å². The maximum absolute atomic E-state index is 2.50. The van der Waals surface area contributed by atoms with Crippen LogP contribution in [0.1, 0.15) is 19.8 Å². The monoisotopic (exact) mass is 318 g/mol. The van der Waals surface area contributed by atoms with E-state index in [1.165, 1.54) is 12.8 Å². The zero-order valence-electron chi connectivity index (χ0n) is 8.71. The van der Waals surface area contributed by atoms with Gasteiger partial charge in [-0.1, -0.05) is 0 Å². The van der Waals surface area contributed by atoms with Gasteiger partial charge in [0.05, 0.1) is 0 Å². The van der Waals surface area contributed by atoms with Gasteiger partial charge in [0.1, 0.15) is 0 Å². The molecule has 0 saturated heterocycles. The van der Waals surface area contributed by atoms with E-state index in [4.69, 9.17) is 0 Å². The molecule has 0 aromatic carbocycles. The van der Waals surface area contributed by atoms with Crippen molar-refractivity contribution in [2.24, 2.45) is 0 Å². The quantitative estimate of drug-likeness (QED) is 0.513. The fraction of sp³-hybridized carbons (Fsp3) is 0.250. The third-order valence-electron chi connectivity index (χ3n) is 2.52. The minimum absolute atomic E-state index is 0. The minimum Gasteiger partial charge on any atom is -1.00 e. The largest absolute Gasteiger partial charge is 1.00 e. The first-order valence-electron chi connectivity index (χ1n) is 4.80. The van der Waals surface area contributed by atoms with Gasteiger partial charge in [-0.05, 0) is 0 Å². The molecule has 0 amide bonds. The molecule has 15 heavy (non-hydrogen) atoms. The summed E-state index contributed by atoms with van der Waals surface area (Å²) in [5.41, 5.74) is 0. The zero-order chi connectivity index (χ0) is 9.10. The number of hydrogen-bond acceptors (Lipinski definition) is 0. The van der Waals surface area contributed by atoms with Crippen LogP contribution in [0.5, 0.6) is 0 Å². The van der Waals surface area contributed by atoms with E-state index in [9.17, 15) is 0 Å². The van der Waals surface area contributed by atoms with Gasteiger partial charge in [0.2, 0.25) is 0 Å². The van der Waals surface area contributed by atoms with Gasteiger partial charge in [-0.25, -0.2) is 0 Å². The van der Waals surface area contributed by atoms with Crippen molar-refractivity contribution in [2.75, 3.05) is 0 Å². The maximum Gasteiger partial charge on any atom is -1.00 e. The topological polar surface area (TPSA) is 0 Å². The predicted molar refractivity (Wildman–Crippen MR) is 55.4 cm³/mol. The Morgan fingerprint density at radius 2 is 1.47 bits per heavy atom. The Balaban J connectivity index is 0.000000980. The fourth-order valence-corrected chi connectivity index (χ4v) is 7.72. The fourth-order valence-electron chi connectivity index (χ4n) is 1.87. The Kier molecular flexibility index (Phi) is 7.70. The molecule has 0 unspecified atom stereocenters. The standard InChI is InChI=1S/2C5H5.C2H4.2ClH.Zr/c2*1-2-4-5-3-1;1-2;;;/h2*1-3H,4H2;1H,2H3;2*1H;/q;;;;;+2/p-2. The van der Waals surface area contributed by atoms with Gasteiger partial charge in [0.15, 0.2) is 0 Å². The number of allylic oxidation sites excluding steroid dienone is 8. The van der Waals surface area contributed by atoms with Gasteiger partial charge in [-0.3, -0.25) is 0 Å². The van der Waals surface area contributed by atoms with Crippen molar-refractivity contribution in [1.29, 1.82) is 0 Å². The summed E-state index contributed by atoms with van der Waals surface area (Å²) in [6.45, 7) is 2.24. The van der Waals surface area contributed by atoms with Crippen molar-refractivity contribution in [1.82, 2.24) is 0 Å². The van der Waals surface area contributed by atoms with E-state index in [0.717, 1.165) is 0 Å². The first-order chi connectivity index (χ1) is 6.42. The first-order valence-corrected chi connectivity index (χ1v) is 8.68. The average molecular weight is 320 g/mol. The van der Waals surface area contributed by atoms with Gasteiger partial charge >= 0.3 is 87.8 Å². The van der Waals surface area contributed by atoms with Crippen LogP contribution in [0.4, 0.5) is 0 Å². The second-order valence-corrected chi connectivity index (χ2v) is 9.96. The van der Waals surface area contributed by atoms with Crippen molar-refractivity contribution in [3.05, 3.63) is 43.0 Å². The molecule has 0 bridgehead atoms. The Morgan fingerprint density at radius 3 is 1.73 bits per heavy atom. The molecule has 0 saturated carbocycles. The van der Waals surface area contributed by atoms with Gasteiger partial charge in [-0.2, -0.15) is 0 Å². The molecule has 0 nitrogen and oxygen atoms in total. The van der Waals surface area contributed by atoms with Crippen molar-refractivity contribution < 1.29 is 46.1 Å². The normalized spacial score (nSPS) is 15.7. The minimum atomic E-state index is -1.44. The van der Waals surface area contributed by atoms with E-state index < -0.39 is 21.3 Å². The van der Waals surface area contributed by atoms with Crippen molar-refractivity contribution >= 4 is 3.71 Å². The Hall–Kier alpha value is 0.293. The van der Waals surface area contributed by atoms with E-state index in [1.807, 2.05) is 0 Å². The molecule has 0 aromatic heterocycles. The molecular formula is C12H14Cl2Zr. The molecule has 2 rings (SSSR count). The van der Waals surface area contributed by atoms with E-state index >= 15 is 0 Å². The van der Waals surface area contributed by atoms with Crippen LogP contribution in [0.25, 0.3) is 0 Å². The summed E-state index contributed by atoms with van der Waals surface area (Å²) in [5.74, 6) is 0. The third-order valence-corrected chi connectivity index (χ3v) is 9.17. The van der Waals surface area contributed by atoms with Crippen LogP contribution in [-0.4, -0.2) is 3.71 Å². The summed E-state index contributed by atoms with van der Waals surface area (Å²) in [7, 11) is 0. The summed E-state index contributed by atoms with van der Waals surface area (Å²) in [4.78, 5) is 0. The number of hydrogen-bond donors (Lipinski definition) is 0. The van der Waals surface area contributed by atoms with Gasteiger partial charge in [0, 0.05) is 0 Å². The van der Waals surface area contributed by atoms with Gasteiger partial charge < -0.3 is 24.8 Å². The second kappa shape index (κ2) is 7.55. The van der Waals surface area contributed by atoms with E-state index in [-0.39, 0.29) is 24.8 Å². The van der Waals surface area contributed by atoms with Crippen LogP contribution in [0.2, 0.25) is 0 Å². The SMILES string of the molecule is C[CH]=[Zr+2]([C]1=CC=CC1)[C]1=CC=CC1.[Cl-].[Cl-]. The first kappa shape index (κ1) is 15.3. The van der Waals surface area contributed by atoms with Gasteiger partial charge in [0.25, 0.3) is 0 Å². The molecule has 2 aliphatic rings. The Labute approximate surface area is 112 Å². The van der Waals surface area contributed by atoms with Gasteiger partial charge in [-0.15, -0.1) is 0 Å². The maximum atomic E-state index is 2.50. The molecule has 0 atom stereocenters. The predicted octanol–water partition coefficient (Wildman–Crippen LogP) is -2.88. The summed E-state index contributed by atoms with van der Waals surface area (Å²) < 4.78 is 5.97. The van der Waals surface area contributed by atoms with E-state index in [1.54, 1.807) is 6.56 Å². The summed E-state index contributed by atoms with van der Waals surface area (Å²) in [6, 6.07) is 0. The Morgan fingerprint density at radius 1 is 1.00 bits per heavy atom. The van der Waals surface area contributed by atoms with Crippen molar-refractivity contribution in [3.63, 3.8) is 0 Å². The molecule has 0 fully saturated rings.